The number of benzene rings is 2. The molecule has 1 saturated heterocycles. The van der Waals surface area contributed by atoms with Gasteiger partial charge in [0, 0.05) is 36.4 Å². The lowest BCUT2D eigenvalue weighted by Crippen LogP contribution is -2.35. The molecule has 1 heterocycles. The van der Waals surface area contributed by atoms with Crippen molar-refractivity contribution in [2.75, 3.05) is 25.5 Å². The number of urea groups is 1. The Kier molecular flexibility index (Phi) is 6.30. The monoisotopic (exact) mass is 367 g/mol. The largest absolute Gasteiger partial charge is 0.496 e. The molecular formula is C21H25N3O3. The van der Waals surface area contributed by atoms with Crippen molar-refractivity contribution >= 4 is 17.6 Å². The summed E-state index contributed by atoms with van der Waals surface area (Å²) in [6.07, 6.45) is 3.28. The minimum atomic E-state index is -0.330. The van der Waals surface area contributed by atoms with Gasteiger partial charge in [0.15, 0.2) is 0 Å². The van der Waals surface area contributed by atoms with E-state index in [4.69, 9.17) is 4.74 Å². The number of hydrogen-bond acceptors (Lipinski definition) is 3. The highest BCUT2D eigenvalue weighted by molar-refractivity contribution is 5.97. The number of nitrogens with zero attached hydrogens (tertiary/aromatic N) is 1. The van der Waals surface area contributed by atoms with E-state index in [1.54, 1.807) is 31.4 Å². The molecule has 0 aromatic heterocycles. The maximum absolute atomic E-state index is 12.6. The number of para-hydroxylation sites is 1. The van der Waals surface area contributed by atoms with E-state index in [1.165, 1.54) is 6.42 Å². The molecular weight excluding hydrogens is 342 g/mol. The summed E-state index contributed by atoms with van der Waals surface area (Å²) in [5, 5.41) is 5.60. The van der Waals surface area contributed by atoms with Crippen LogP contribution in [0.5, 0.6) is 5.75 Å². The van der Waals surface area contributed by atoms with Gasteiger partial charge in [0.1, 0.15) is 5.75 Å². The van der Waals surface area contributed by atoms with Gasteiger partial charge in [0.2, 0.25) is 0 Å². The number of piperidine rings is 1. The Bertz CT molecular complexity index is 801. The molecule has 3 amide bonds. The molecule has 0 aliphatic carbocycles. The van der Waals surface area contributed by atoms with E-state index >= 15 is 0 Å². The van der Waals surface area contributed by atoms with Crippen LogP contribution in [0.2, 0.25) is 0 Å². The number of carbonyl (C=O) groups is 2. The maximum atomic E-state index is 12.6. The Hall–Kier alpha value is -3.02. The molecule has 6 nitrogen and oxygen atoms in total. The summed E-state index contributed by atoms with van der Waals surface area (Å²) in [4.78, 5) is 26.7. The van der Waals surface area contributed by atoms with Crippen LogP contribution in [0.1, 0.15) is 35.2 Å². The van der Waals surface area contributed by atoms with Gasteiger partial charge in [-0.15, -0.1) is 0 Å². The molecule has 1 aliphatic rings. The van der Waals surface area contributed by atoms with Crippen molar-refractivity contribution in [3.05, 3.63) is 59.7 Å². The third kappa shape index (κ3) is 5.00. The Labute approximate surface area is 159 Å². The molecule has 142 valence electrons. The first-order chi connectivity index (χ1) is 13.2. The van der Waals surface area contributed by atoms with Crippen LogP contribution in [-0.4, -0.2) is 37.0 Å². The van der Waals surface area contributed by atoms with Crippen LogP contribution in [0.3, 0.4) is 0 Å². The SMILES string of the molecule is COc1ccccc1CNC(=O)Nc1cccc(C(=O)N2CCCCC2)c1. The lowest BCUT2D eigenvalue weighted by Gasteiger charge is -2.26. The van der Waals surface area contributed by atoms with Crippen molar-refractivity contribution < 1.29 is 14.3 Å². The molecule has 6 heteroatoms. The Morgan fingerprint density at radius 3 is 2.59 bits per heavy atom. The van der Waals surface area contributed by atoms with Crippen molar-refractivity contribution in [3.63, 3.8) is 0 Å². The van der Waals surface area contributed by atoms with Crippen molar-refractivity contribution in [1.82, 2.24) is 10.2 Å². The van der Waals surface area contributed by atoms with E-state index in [0.29, 0.717) is 17.8 Å². The van der Waals surface area contributed by atoms with Gasteiger partial charge in [0.05, 0.1) is 7.11 Å². The minimum Gasteiger partial charge on any atom is -0.496 e. The highest BCUT2D eigenvalue weighted by atomic mass is 16.5. The Balaban J connectivity index is 1.58. The molecule has 0 unspecified atom stereocenters. The Morgan fingerprint density at radius 2 is 1.81 bits per heavy atom. The van der Waals surface area contributed by atoms with Crippen molar-refractivity contribution in [1.29, 1.82) is 0 Å². The van der Waals surface area contributed by atoms with Gasteiger partial charge < -0.3 is 20.3 Å². The second-order valence-corrected chi connectivity index (χ2v) is 6.55. The van der Waals surface area contributed by atoms with Gasteiger partial charge in [-0.05, 0) is 43.5 Å². The molecule has 2 N–H and O–H groups in total. The molecule has 1 fully saturated rings. The molecule has 3 rings (SSSR count). The molecule has 0 radical (unpaired) electrons. The van der Waals surface area contributed by atoms with Gasteiger partial charge in [-0.3, -0.25) is 4.79 Å². The van der Waals surface area contributed by atoms with E-state index in [2.05, 4.69) is 10.6 Å². The third-order valence-electron chi connectivity index (χ3n) is 4.64. The predicted molar refractivity (Wildman–Crippen MR) is 105 cm³/mol. The number of likely N-dealkylation sites (tertiary alicyclic amines) is 1. The molecule has 0 spiro atoms. The first-order valence-corrected chi connectivity index (χ1v) is 9.23. The lowest BCUT2D eigenvalue weighted by atomic mass is 10.1. The van der Waals surface area contributed by atoms with E-state index in [9.17, 15) is 9.59 Å². The normalized spacial score (nSPS) is 13.7. The Morgan fingerprint density at radius 1 is 1.04 bits per heavy atom. The zero-order chi connectivity index (χ0) is 19.1. The highest BCUT2D eigenvalue weighted by Crippen LogP contribution is 2.18. The zero-order valence-corrected chi connectivity index (χ0v) is 15.5. The second-order valence-electron chi connectivity index (χ2n) is 6.55. The van der Waals surface area contributed by atoms with E-state index < -0.39 is 0 Å². The highest BCUT2D eigenvalue weighted by Gasteiger charge is 2.18. The number of anilines is 1. The maximum Gasteiger partial charge on any atom is 0.319 e. The van der Waals surface area contributed by atoms with Crippen LogP contribution in [-0.2, 0) is 6.54 Å². The summed E-state index contributed by atoms with van der Waals surface area (Å²) in [5.74, 6) is 0.750. The average molecular weight is 367 g/mol. The summed E-state index contributed by atoms with van der Waals surface area (Å²) in [5.41, 5.74) is 2.08. The van der Waals surface area contributed by atoms with Crippen LogP contribution in [0, 0.1) is 0 Å². The molecule has 27 heavy (non-hydrogen) atoms. The molecule has 1 aliphatic heterocycles. The van der Waals surface area contributed by atoms with Crippen LogP contribution >= 0.6 is 0 Å². The van der Waals surface area contributed by atoms with Gasteiger partial charge >= 0.3 is 6.03 Å². The lowest BCUT2D eigenvalue weighted by molar-refractivity contribution is 0.0724. The van der Waals surface area contributed by atoms with E-state index in [1.807, 2.05) is 29.2 Å². The third-order valence-corrected chi connectivity index (χ3v) is 4.64. The summed E-state index contributed by atoms with van der Waals surface area (Å²) >= 11 is 0. The van der Waals surface area contributed by atoms with Gasteiger partial charge in [-0.25, -0.2) is 4.79 Å². The average Bonchev–Trinajstić information content (AvgIpc) is 2.72. The van der Waals surface area contributed by atoms with Crippen molar-refractivity contribution in [2.45, 2.75) is 25.8 Å². The summed E-state index contributed by atoms with van der Waals surface area (Å²) in [6, 6.07) is 14.3. The van der Waals surface area contributed by atoms with Crippen LogP contribution in [0.25, 0.3) is 0 Å². The molecule has 2 aromatic carbocycles. The number of amides is 3. The second kappa shape index (κ2) is 9.07. The van der Waals surface area contributed by atoms with E-state index in [-0.39, 0.29) is 11.9 Å². The van der Waals surface area contributed by atoms with Crippen LogP contribution < -0.4 is 15.4 Å². The van der Waals surface area contributed by atoms with Crippen LogP contribution in [0.4, 0.5) is 10.5 Å². The fourth-order valence-corrected chi connectivity index (χ4v) is 3.21. The molecule has 0 bridgehead atoms. The number of methoxy groups -OCH3 is 1. The van der Waals surface area contributed by atoms with E-state index in [0.717, 1.165) is 37.2 Å². The smallest absolute Gasteiger partial charge is 0.319 e. The van der Waals surface area contributed by atoms with Crippen LogP contribution in [0.15, 0.2) is 48.5 Å². The summed E-state index contributed by atoms with van der Waals surface area (Å²) in [7, 11) is 1.60. The number of hydrogen-bond donors (Lipinski definition) is 2. The fourth-order valence-electron chi connectivity index (χ4n) is 3.21. The number of carbonyl (C=O) groups excluding carboxylic acids is 2. The minimum absolute atomic E-state index is 0.0211. The molecule has 0 atom stereocenters. The van der Waals surface area contributed by atoms with Gasteiger partial charge in [-0.1, -0.05) is 24.3 Å². The standard InChI is InChI=1S/C21H25N3O3/c1-27-19-11-4-3-8-17(19)15-22-21(26)23-18-10-7-9-16(14-18)20(25)24-12-5-2-6-13-24/h3-4,7-11,14H,2,5-6,12-13,15H2,1H3,(H2,22,23,26). The quantitative estimate of drug-likeness (QED) is 0.847. The first kappa shape index (κ1) is 18.8. The topological polar surface area (TPSA) is 70.7 Å². The molecule has 0 saturated carbocycles. The van der Waals surface area contributed by atoms with Gasteiger partial charge in [0.25, 0.3) is 5.91 Å². The summed E-state index contributed by atoms with van der Waals surface area (Å²) in [6.45, 7) is 1.95. The predicted octanol–water partition coefficient (Wildman–Crippen LogP) is 3.64. The summed E-state index contributed by atoms with van der Waals surface area (Å²) < 4.78 is 5.28. The fraction of sp³-hybridized carbons (Fsp3) is 0.333. The molecule has 2 aromatic rings. The van der Waals surface area contributed by atoms with Crippen molar-refractivity contribution in [3.8, 4) is 5.75 Å². The number of ether oxygens (including phenoxy) is 1. The number of nitrogens with one attached hydrogen (secondary N) is 2. The van der Waals surface area contributed by atoms with Crippen molar-refractivity contribution in [2.24, 2.45) is 0 Å². The first-order valence-electron chi connectivity index (χ1n) is 9.23. The zero-order valence-electron chi connectivity index (χ0n) is 15.5. The number of rotatable bonds is 5. The van der Waals surface area contributed by atoms with Gasteiger partial charge in [-0.2, -0.15) is 0 Å².